The molecule has 0 saturated carbocycles. The van der Waals surface area contributed by atoms with Crippen molar-refractivity contribution in [2.45, 2.75) is 25.0 Å². The Hall–Kier alpha value is -3.18. The van der Waals surface area contributed by atoms with Crippen LogP contribution in [0, 0.1) is 11.8 Å². The Kier molecular flexibility index (Phi) is 6.05. The molecule has 4 N–H and O–H groups in total. The maximum Gasteiger partial charge on any atom is 0.329 e. The fraction of sp³-hybridized carbons (Fsp3) is 0.500. The van der Waals surface area contributed by atoms with Crippen LogP contribution < -0.4 is 20.9 Å². The minimum atomic E-state index is -1.13. The van der Waals surface area contributed by atoms with E-state index in [1.54, 1.807) is 12.1 Å². The highest BCUT2D eigenvalue weighted by Gasteiger charge is 2.55. The number of carbonyl (C=O) groups is 4. The first kappa shape index (κ1) is 21.1. The number of hydrogen-bond acceptors (Lipinski definition) is 7. The summed E-state index contributed by atoms with van der Waals surface area (Å²) < 4.78 is 10.8. The Labute approximate surface area is 178 Å². The van der Waals surface area contributed by atoms with Crippen molar-refractivity contribution in [1.82, 2.24) is 10.6 Å². The summed E-state index contributed by atoms with van der Waals surface area (Å²) in [6.45, 7) is 2.91. The summed E-state index contributed by atoms with van der Waals surface area (Å²) in [7, 11) is 0. The van der Waals surface area contributed by atoms with Crippen LogP contribution in [-0.4, -0.2) is 67.6 Å². The second-order valence-corrected chi connectivity index (χ2v) is 7.72. The van der Waals surface area contributed by atoms with Crippen LogP contribution in [0.2, 0.25) is 0 Å². The number of urea groups is 2. The lowest BCUT2D eigenvalue weighted by atomic mass is 9.79. The van der Waals surface area contributed by atoms with Crippen molar-refractivity contribution in [3.8, 4) is 0 Å². The molecule has 3 aliphatic rings. The lowest BCUT2D eigenvalue weighted by Crippen LogP contribution is -2.50. The monoisotopic (exact) mass is 432 g/mol. The topological polar surface area (TPSA) is 146 Å². The quantitative estimate of drug-likeness (QED) is 0.545. The fourth-order valence-electron chi connectivity index (χ4n) is 4.39. The predicted octanol–water partition coefficient (Wildman–Crippen LogP) is 0.759. The maximum absolute atomic E-state index is 12.4. The van der Waals surface area contributed by atoms with Crippen molar-refractivity contribution in [3.05, 3.63) is 24.3 Å². The van der Waals surface area contributed by atoms with Gasteiger partial charge in [0.25, 0.3) is 0 Å². The number of morpholine rings is 1. The van der Waals surface area contributed by atoms with Crippen LogP contribution in [0.25, 0.3) is 0 Å². The summed E-state index contributed by atoms with van der Waals surface area (Å²) in [5.74, 6) is -3.85. The lowest BCUT2D eigenvalue weighted by Gasteiger charge is -2.28. The third-order valence-corrected chi connectivity index (χ3v) is 5.83. The molecule has 3 aliphatic heterocycles. The maximum atomic E-state index is 12.4. The van der Waals surface area contributed by atoms with Crippen LogP contribution in [-0.2, 0) is 19.1 Å². The highest BCUT2D eigenvalue weighted by molar-refractivity contribution is 6.06. The lowest BCUT2D eigenvalue weighted by molar-refractivity contribution is -0.147. The molecule has 2 bridgehead atoms. The van der Waals surface area contributed by atoms with E-state index in [1.165, 1.54) is 0 Å². The predicted molar refractivity (Wildman–Crippen MR) is 108 cm³/mol. The first-order chi connectivity index (χ1) is 14.9. The SMILES string of the molecule is O=C(NC(=O)Nc1ccc(N2CCOCC2)cc1)NC(=O)C1C(C(=O)O)[C@@H]2CC[C@H]1O2. The number of carbonyl (C=O) groups excluding carboxylic acids is 3. The van der Waals surface area contributed by atoms with Gasteiger partial charge in [0, 0.05) is 24.5 Å². The van der Waals surface area contributed by atoms with E-state index in [1.807, 2.05) is 22.8 Å². The van der Waals surface area contributed by atoms with Crippen LogP contribution in [0.15, 0.2) is 24.3 Å². The Morgan fingerprint density at radius 2 is 1.55 bits per heavy atom. The zero-order chi connectivity index (χ0) is 22.0. The van der Waals surface area contributed by atoms with Gasteiger partial charge in [0.15, 0.2) is 0 Å². The molecule has 3 fully saturated rings. The zero-order valence-electron chi connectivity index (χ0n) is 16.7. The number of carboxylic acids is 1. The van der Waals surface area contributed by atoms with E-state index < -0.39 is 48.0 Å². The van der Waals surface area contributed by atoms with Gasteiger partial charge in [-0.2, -0.15) is 0 Å². The van der Waals surface area contributed by atoms with Gasteiger partial charge < -0.3 is 24.8 Å². The molecule has 0 aliphatic carbocycles. The van der Waals surface area contributed by atoms with Crippen LogP contribution in [0.3, 0.4) is 0 Å². The van der Waals surface area contributed by atoms with Gasteiger partial charge in [0.1, 0.15) is 0 Å². The molecule has 4 atom stereocenters. The molecule has 3 saturated heterocycles. The normalized spacial score (nSPS) is 26.9. The van der Waals surface area contributed by atoms with Gasteiger partial charge in [0.2, 0.25) is 5.91 Å². The van der Waals surface area contributed by atoms with Crippen molar-refractivity contribution >= 4 is 35.3 Å². The third-order valence-electron chi connectivity index (χ3n) is 5.83. The first-order valence-corrected chi connectivity index (χ1v) is 10.2. The number of benzene rings is 1. The Balaban J connectivity index is 1.27. The summed E-state index contributed by atoms with van der Waals surface area (Å²) in [6.07, 6.45) is 0.0853. The molecule has 0 spiro atoms. The van der Waals surface area contributed by atoms with Crippen molar-refractivity contribution < 1.29 is 33.8 Å². The summed E-state index contributed by atoms with van der Waals surface area (Å²) in [4.78, 5) is 50.2. The summed E-state index contributed by atoms with van der Waals surface area (Å²) in [6, 6.07) is 5.27. The van der Waals surface area contributed by atoms with Gasteiger partial charge in [-0.25, -0.2) is 9.59 Å². The molecule has 0 radical (unpaired) electrons. The molecular formula is C20H24N4O7. The number of imide groups is 2. The molecule has 31 heavy (non-hydrogen) atoms. The van der Waals surface area contributed by atoms with Gasteiger partial charge in [-0.3, -0.25) is 20.2 Å². The van der Waals surface area contributed by atoms with E-state index >= 15 is 0 Å². The molecule has 0 aromatic heterocycles. The number of hydrogen-bond donors (Lipinski definition) is 4. The number of amides is 5. The van der Waals surface area contributed by atoms with E-state index in [0.717, 1.165) is 18.8 Å². The molecule has 166 valence electrons. The van der Waals surface area contributed by atoms with E-state index in [2.05, 4.69) is 10.2 Å². The van der Waals surface area contributed by atoms with E-state index in [9.17, 15) is 24.3 Å². The number of nitrogens with zero attached hydrogens (tertiary/aromatic N) is 1. The second-order valence-electron chi connectivity index (χ2n) is 7.72. The van der Waals surface area contributed by atoms with Crippen LogP contribution in [0.1, 0.15) is 12.8 Å². The largest absolute Gasteiger partial charge is 0.481 e. The number of nitrogens with one attached hydrogen (secondary N) is 3. The van der Waals surface area contributed by atoms with E-state index in [4.69, 9.17) is 9.47 Å². The Bertz CT molecular complexity index is 869. The molecule has 5 amide bonds. The Morgan fingerprint density at radius 3 is 2.19 bits per heavy atom. The Morgan fingerprint density at radius 1 is 0.903 bits per heavy atom. The molecule has 1 aromatic carbocycles. The highest BCUT2D eigenvalue weighted by Crippen LogP contribution is 2.43. The summed E-state index contributed by atoms with van der Waals surface area (Å²) >= 11 is 0. The standard InChI is InChI=1S/C20H24N4O7/c25-17(15-13-5-6-14(31-13)16(15)18(26)27)22-20(29)23-19(28)21-11-1-3-12(4-2-11)24-7-9-30-10-8-24/h1-4,13-16H,5-10H2,(H,26,27)(H3,21,22,23,25,28,29)/t13-,14+,15?,16?/m1/s1. The van der Waals surface area contributed by atoms with Crippen LogP contribution in [0.4, 0.5) is 21.0 Å². The fourth-order valence-corrected chi connectivity index (χ4v) is 4.39. The number of aliphatic carboxylic acids is 1. The molecule has 3 heterocycles. The van der Waals surface area contributed by atoms with Gasteiger partial charge in [-0.1, -0.05) is 0 Å². The smallest absolute Gasteiger partial charge is 0.329 e. The molecular weight excluding hydrogens is 408 g/mol. The van der Waals surface area contributed by atoms with Crippen LogP contribution >= 0.6 is 0 Å². The molecule has 1 aromatic rings. The average Bonchev–Trinajstić information content (AvgIpc) is 3.36. The third kappa shape index (κ3) is 4.62. The number of fused-ring (bicyclic) bond motifs is 2. The second kappa shape index (κ2) is 8.90. The van der Waals surface area contributed by atoms with Crippen molar-refractivity contribution in [2.75, 3.05) is 36.5 Å². The van der Waals surface area contributed by atoms with E-state index in [-0.39, 0.29) is 0 Å². The number of ether oxygens (including phenoxy) is 2. The van der Waals surface area contributed by atoms with Gasteiger partial charge in [0.05, 0.1) is 37.3 Å². The summed E-state index contributed by atoms with van der Waals surface area (Å²) in [5.41, 5.74) is 1.47. The van der Waals surface area contributed by atoms with Crippen molar-refractivity contribution in [2.24, 2.45) is 11.8 Å². The average molecular weight is 432 g/mol. The van der Waals surface area contributed by atoms with E-state index in [0.29, 0.717) is 31.7 Å². The van der Waals surface area contributed by atoms with Crippen molar-refractivity contribution in [3.63, 3.8) is 0 Å². The molecule has 11 heteroatoms. The van der Waals surface area contributed by atoms with Gasteiger partial charge in [-0.05, 0) is 37.1 Å². The summed E-state index contributed by atoms with van der Waals surface area (Å²) in [5, 5.41) is 15.9. The van der Waals surface area contributed by atoms with Crippen molar-refractivity contribution in [1.29, 1.82) is 0 Å². The number of rotatable bonds is 4. The van der Waals surface area contributed by atoms with Gasteiger partial charge in [-0.15, -0.1) is 0 Å². The number of carboxylic acid groups (broad SMARTS) is 1. The van der Waals surface area contributed by atoms with Crippen LogP contribution in [0.5, 0.6) is 0 Å². The highest BCUT2D eigenvalue weighted by atomic mass is 16.5. The minimum Gasteiger partial charge on any atom is -0.481 e. The number of anilines is 2. The van der Waals surface area contributed by atoms with Gasteiger partial charge >= 0.3 is 18.0 Å². The molecule has 2 unspecified atom stereocenters. The zero-order valence-corrected chi connectivity index (χ0v) is 16.7. The molecule has 11 nitrogen and oxygen atoms in total. The first-order valence-electron chi connectivity index (χ1n) is 10.2. The minimum absolute atomic E-state index is 0.473. The molecule has 4 rings (SSSR count).